The Labute approximate surface area is 176 Å². The zero-order chi connectivity index (χ0) is 21.1. The van der Waals surface area contributed by atoms with Crippen molar-refractivity contribution in [2.45, 2.75) is 25.3 Å². The summed E-state index contributed by atoms with van der Waals surface area (Å²) in [5, 5.41) is 0. The summed E-state index contributed by atoms with van der Waals surface area (Å²) in [5.74, 6) is -0.303. The molecule has 2 fully saturated rings. The lowest BCUT2D eigenvalue weighted by atomic mass is 9.76. The number of piperidine rings is 1. The normalized spacial score (nSPS) is 19.2. The van der Waals surface area contributed by atoms with E-state index in [1.807, 2.05) is 4.90 Å². The predicted molar refractivity (Wildman–Crippen MR) is 111 cm³/mol. The van der Waals surface area contributed by atoms with E-state index in [1.54, 1.807) is 31.4 Å². The van der Waals surface area contributed by atoms with E-state index in [4.69, 9.17) is 4.74 Å². The number of rotatable bonds is 6. The zero-order valence-corrected chi connectivity index (χ0v) is 17.3. The maximum Gasteiger partial charge on any atom is 0.229 e. The Bertz CT molecular complexity index is 816. The number of hydrogen-bond acceptors (Lipinski definition) is 3. The number of nitrogens with zero attached hydrogens (tertiary/aromatic N) is 2. The second kappa shape index (κ2) is 8.82. The second-order valence-electron chi connectivity index (χ2n) is 8.36. The van der Waals surface area contributed by atoms with Gasteiger partial charge in [0.15, 0.2) is 0 Å². The maximum absolute atomic E-state index is 13.5. The van der Waals surface area contributed by atoms with Gasteiger partial charge in [0.05, 0.1) is 18.1 Å². The van der Waals surface area contributed by atoms with E-state index in [0.717, 1.165) is 50.0 Å². The van der Waals surface area contributed by atoms with Gasteiger partial charge in [0.25, 0.3) is 0 Å². The molecule has 160 valence electrons. The van der Waals surface area contributed by atoms with Gasteiger partial charge in [-0.05, 0) is 54.7 Å². The van der Waals surface area contributed by atoms with E-state index in [2.05, 4.69) is 4.90 Å². The molecular formula is C24H28F2N2O2. The van der Waals surface area contributed by atoms with Crippen molar-refractivity contribution < 1.29 is 18.3 Å². The van der Waals surface area contributed by atoms with Crippen LogP contribution in [0.1, 0.15) is 36.4 Å². The third-order valence-electron chi connectivity index (χ3n) is 6.66. The van der Waals surface area contributed by atoms with Crippen molar-refractivity contribution >= 4 is 5.91 Å². The summed E-state index contributed by atoms with van der Waals surface area (Å²) in [5.41, 5.74) is 1.66. The molecule has 30 heavy (non-hydrogen) atoms. The number of hydrogen-bond donors (Lipinski definition) is 0. The smallest absolute Gasteiger partial charge is 0.229 e. The van der Waals surface area contributed by atoms with Crippen molar-refractivity contribution in [3.05, 3.63) is 71.3 Å². The quantitative estimate of drug-likeness (QED) is 0.716. The van der Waals surface area contributed by atoms with E-state index >= 15 is 0 Å². The summed E-state index contributed by atoms with van der Waals surface area (Å²) in [6.45, 7) is 3.54. The van der Waals surface area contributed by atoms with Crippen molar-refractivity contribution in [1.82, 2.24) is 9.80 Å². The fourth-order valence-electron chi connectivity index (χ4n) is 4.89. The predicted octanol–water partition coefficient (Wildman–Crippen LogP) is 4.02. The molecule has 2 aliphatic rings. The van der Waals surface area contributed by atoms with Gasteiger partial charge in [0.1, 0.15) is 11.6 Å². The molecule has 6 heteroatoms. The lowest BCUT2D eigenvalue weighted by Crippen LogP contribution is -2.46. The Kier molecular flexibility index (Phi) is 6.16. The van der Waals surface area contributed by atoms with Crippen LogP contribution in [0.4, 0.5) is 8.78 Å². The van der Waals surface area contributed by atoms with Crippen LogP contribution in [0.2, 0.25) is 0 Å². The van der Waals surface area contributed by atoms with Crippen LogP contribution in [-0.4, -0.2) is 55.6 Å². The monoisotopic (exact) mass is 414 g/mol. The number of benzene rings is 2. The molecule has 0 radical (unpaired) electrons. The average molecular weight is 414 g/mol. The van der Waals surface area contributed by atoms with Gasteiger partial charge in [-0.3, -0.25) is 9.69 Å². The molecule has 4 rings (SSSR count). The van der Waals surface area contributed by atoms with E-state index < -0.39 is 0 Å². The molecule has 0 atom stereocenters. The van der Waals surface area contributed by atoms with Crippen molar-refractivity contribution in [3.8, 4) is 0 Å². The summed E-state index contributed by atoms with van der Waals surface area (Å²) in [6, 6.07) is 12.9. The summed E-state index contributed by atoms with van der Waals surface area (Å²) in [7, 11) is 1.65. The molecule has 1 spiro atoms. The lowest BCUT2D eigenvalue weighted by molar-refractivity contribution is -0.139. The second-order valence-corrected chi connectivity index (χ2v) is 8.36. The van der Waals surface area contributed by atoms with Crippen LogP contribution in [-0.2, 0) is 9.53 Å². The zero-order valence-electron chi connectivity index (χ0n) is 17.3. The molecule has 2 aromatic carbocycles. The van der Waals surface area contributed by atoms with Gasteiger partial charge in [-0.25, -0.2) is 8.78 Å². The van der Waals surface area contributed by atoms with Crippen LogP contribution in [0, 0.1) is 17.0 Å². The number of carbonyl (C=O) groups excluding carboxylic acids is 1. The van der Waals surface area contributed by atoms with Crippen LogP contribution in [0.15, 0.2) is 48.5 Å². The first kappa shape index (κ1) is 20.9. The fourth-order valence-corrected chi connectivity index (χ4v) is 4.89. The Hall–Kier alpha value is -2.31. The average Bonchev–Trinajstić information content (AvgIpc) is 3.06. The lowest BCUT2D eigenvalue weighted by Gasteiger charge is -2.42. The largest absolute Gasteiger partial charge is 0.383 e. The first-order chi connectivity index (χ1) is 14.5. The van der Waals surface area contributed by atoms with Gasteiger partial charge in [-0.2, -0.15) is 0 Å². The van der Waals surface area contributed by atoms with Gasteiger partial charge in [0, 0.05) is 33.3 Å². The molecule has 0 unspecified atom stereocenters. The topological polar surface area (TPSA) is 32.8 Å². The first-order valence-electron chi connectivity index (χ1n) is 10.6. The molecule has 0 bridgehead atoms. The molecule has 2 aromatic rings. The van der Waals surface area contributed by atoms with Crippen LogP contribution < -0.4 is 0 Å². The Balaban J connectivity index is 1.53. The van der Waals surface area contributed by atoms with Gasteiger partial charge in [0.2, 0.25) is 5.91 Å². The summed E-state index contributed by atoms with van der Waals surface area (Å²) in [6.07, 6.45) is 2.49. The third kappa shape index (κ3) is 4.12. The molecule has 0 N–H and O–H groups in total. The number of carbonyl (C=O) groups is 1. The number of ether oxygens (including phenoxy) is 1. The number of likely N-dealkylation sites (tertiary alicyclic amines) is 2. The van der Waals surface area contributed by atoms with Crippen LogP contribution in [0.3, 0.4) is 0 Å². The summed E-state index contributed by atoms with van der Waals surface area (Å²) < 4.78 is 32.1. The maximum atomic E-state index is 13.5. The first-order valence-corrected chi connectivity index (χ1v) is 10.6. The Morgan fingerprint density at radius 2 is 1.40 bits per heavy atom. The summed E-state index contributed by atoms with van der Waals surface area (Å²) >= 11 is 0. The molecule has 4 nitrogen and oxygen atoms in total. The Morgan fingerprint density at radius 3 is 1.90 bits per heavy atom. The van der Waals surface area contributed by atoms with Crippen molar-refractivity contribution in [3.63, 3.8) is 0 Å². The minimum absolute atomic E-state index is 0.0929. The van der Waals surface area contributed by atoms with Crippen LogP contribution in [0.5, 0.6) is 0 Å². The highest BCUT2D eigenvalue weighted by atomic mass is 19.1. The summed E-state index contributed by atoms with van der Waals surface area (Å²) in [4.78, 5) is 17.3. The molecule has 1 amide bonds. The van der Waals surface area contributed by atoms with Gasteiger partial charge in [-0.1, -0.05) is 24.3 Å². The van der Waals surface area contributed by atoms with E-state index in [9.17, 15) is 13.6 Å². The van der Waals surface area contributed by atoms with Crippen LogP contribution in [0.25, 0.3) is 0 Å². The molecule has 2 saturated heterocycles. The highest BCUT2D eigenvalue weighted by Gasteiger charge is 2.48. The van der Waals surface area contributed by atoms with Crippen molar-refractivity contribution in [1.29, 1.82) is 0 Å². The minimum atomic E-state index is -0.277. The van der Waals surface area contributed by atoms with Crippen LogP contribution >= 0.6 is 0 Å². The van der Waals surface area contributed by atoms with Crippen molar-refractivity contribution in [2.24, 2.45) is 5.41 Å². The molecule has 0 aliphatic carbocycles. The molecule has 0 saturated carbocycles. The number of methoxy groups -OCH3 is 1. The highest BCUT2D eigenvalue weighted by molar-refractivity contribution is 5.85. The fraction of sp³-hybridized carbons (Fsp3) is 0.458. The molecule has 0 aromatic heterocycles. The number of halogens is 2. The standard InChI is InChI=1S/C24H28F2N2O2/c1-30-17-16-28-15-12-24(23(28)29)10-13-27(14-11-24)22(18-2-6-20(25)7-3-18)19-4-8-21(26)9-5-19/h2-9,22H,10-17H2,1H3. The Morgan fingerprint density at radius 1 is 0.900 bits per heavy atom. The third-order valence-corrected chi connectivity index (χ3v) is 6.66. The van der Waals surface area contributed by atoms with Gasteiger partial charge >= 0.3 is 0 Å². The minimum Gasteiger partial charge on any atom is -0.383 e. The van der Waals surface area contributed by atoms with Gasteiger partial charge < -0.3 is 9.64 Å². The van der Waals surface area contributed by atoms with Gasteiger partial charge in [-0.15, -0.1) is 0 Å². The van der Waals surface area contributed by atoms with E-state index in [-0.39, 0.29) is 29.0 Å². The number of amides is 1. The molecule has 2 aliphatic heterocycles. The van der Waals surface area contributed by atoms with Crippen molar-refractivity contribution in [2.75, 3.05) is 39.9 Å². The van der Waals surface area contributed by atoms with E-state index in [0.29, 0.717) is 13.2 Å². The highest BCUT2D eigenvalue weighted by Crippen LogP contribution is 2.44. The SMILES string of the molecule is COCCN1CCC2(CCN(C(c3ccc(F)cc3)c3ccc(F)cc3)CC2)C1=O. The molecular weight excluding hydrogens is 386 g/mol. The molecule has 2 heterocycles. The van der Waals surface area contributed by atoms with E-state index in [1.165, 1.54) is 24.3 Å².